The highest BCUT2D eigenvalue weighted by Gasteiger charge is 2.29. The number of phenolic OH excluding ortho intramolecular Hbond substituents is 2. The van der Waals surface area contributed by atoms with Gasteiger partial charge < -0.3 is 10.2 Å². The number of hydrogen-bond acceptors (Lipinski definition) is 11. The number of benzene rings is 2. The summed E-state index contributed by atoms with van der Waals surface area (Å²) in [6.07, 6.45) is 0. The number of phenols is 2. The zero-order valence-electron chi connectivity index (χ0n) is 12.7. The Kier molecular flexibility index (Phi) is 5.07. The quantitative estimate of drug-likeness (QED) is 0.532. The molecule has 2 rings (SSSR count). The molecule has 14 nitrogen and oxygen atoms in total. The van der Waals surface area contributed by atoms with Crippen LogP contribution in [0.3, 0.4) is 0 Å². The van der Waals surface area contributed by atoms with E-state index in [4.69, 9.17) is 0 Å². The van der Waals surface area contributed by atoms with Gasteiger partial charge in [0.15, 0.2) is 0 Å². The maximum atomic E-state index is 10.9. The fraction of sp³-hybridized carbons (Fsp3) is 0. The molecule has 0 amide bonds. The number of nitro benzene ring substituents is 4. The highest BCUT2D eigenvalue weighted by Crippen LogP contribution is 2.44. The molecule has 2 N–H and O–H groups in total. The average molecular weight is 398 g/mol. The molecule has 0 atom stereocenters. The second-order valence-electron chi connectivity index (χ2n) is 4.75. The second kappa shape index (κ2) is 7.08. The van der Waals surface area contributed by atoms with Crippen molar-refractivity contribution in [3.8, 4) is 11.5 Å². The van der Waals surface area contributed by atoms with Gasteiger partial charge in [-0.25, -0.2) is 0 Å². The molecule has 15 heteroatoms. The second-order valence-corrected chi connectivity index (χ2v) is 5.90. The smallest absolute Gasteiger partial charge is 0.319 e. The highest BCUT2D eigenvalue weighted by molar-refractivity contribution is 7.99. The lowest BCUT2D eigenvalue weighted by molar-refractivity contribution is -0.396. The Bertz CT molecular complexity index is 858. The maximum absolute atomic E-state index is 10.9. The summed E-state index contributed by atoms with van der Waals surface area (Å²) < 4.78 is 0. The van der Waals surface area contributed by atoms with E-state index in [2.05, 4.69) is 0 Å². The van der Waals surface area contributed by atoms with Crippen molar-refractivity contribution in [1.82, 2.24) is 0 Å². The fourth-order valence-corrected chi connectivity index (χ4v) is 2.92. The van der Waals surface area contributed by atoms with Crippen LogP contribution in [0.4, 0.5) is 22.7 Å². The van der Waals surface area contributed by atoms with Gasteiger partial charge >= 0.3 is 22.7 Å². The molecule has 0 spiro atoms. The summed E-state index contributed by atoms with van der Waals surface area (Å²) in [4.78, 5) is 39.0. The van der Waals surface area contributed by atoms with Gasteiger partial charge in [-0.15, -0.1) is 0 Å². The van der Waals surface area contributed by atoms with Crippen molar-refractivity contribution in [3.63, 3.8) is 0 Å². The first kappa shape index (κ1) is 19.3. The van der Waals surface area contributed by atoms with E-state index in [1.807, 2.05) is 0 Å². The van der Waals surface area contributed by atoms with Crippen LogP contribution in [0.1, 0.15) is 0 Å². The number of rotatable bonds is 6. The molecule has 0 fully saturated rings. The molecule has 0 unspecified atom stereocenters. The molecule has 0 aliphatic carbocycles. The van der Waals surface area contributed by atoms with Crippen LogP contribution in [0, 0.1) is 40.5 Å². The topological polar surface area (TPSA) is 213 Å². The summed E-state index contributed by atoms with van der Waals surface area (Å²) >= 11 is 0.491. The van der Waals surface area contributed by atoms with Gasteiger partial charge in [0.25, 0.3) is 11.5 Å². The lowest BCUT2D eigenvalue weighted by atomic mass is 10.2. The lowest BCUT2D eigenvalue weighted by Crippen LogP contribution is -1.96. The number of hydrogen-bond donors (Lipinski definition) is 2. The minimum atomic E-state index is -1.18. The van der Waals surface area contributed by atoms with Gasteiger partial charge in [-0.2, -0.15) is 0 Å². The van der Waals surface area contributed by atoms with Crippen molar-refractivity contribution < 1.29 is 29.9 Å². The average Bonchev–Trinajstić information content (AvgIpc) is 2.56. The third kappa shape index (κ3) is 3.82. The Hall–Kier alpha value is -4.01. The summed E-state index contributed by atoms with van der Waals surface area (Å²) in [5, 5.41) is 62.9. The Morgan fingerprint density at radius 1 is 0.593 bits per heavy atom. The van der Waals surface area contributed by atoms with Crippen molar-refractivity contribution in [2.45, 2.75) is 9.79 Å². The first-order valence-corrected chi connectivity index (χ1v) is 7.34. The van der Waals surface area contributed by atoms with Crippen molar-refractivity contribution in [3.05, 3.63) is 64.7 Å². The minimum Gasteiger partial charge on any atom is -0.497 e. The predicted molar refractivity (Wildman–Crippen MR) is 87.0 cm³/mol. The summed E-state index contributed by atoms with van der Waals surface area (Å²) in [5.74, 6) is -2.37. The molecule has 0 aliphatic heterocycles. The monoisotopic (exact) mass is 398 g/mol. The van der Waals surface area contributed by atoms with E-state index < -0.39 is 53.9 Å². The van der Waals surface area contributed by atoms with E-state index in [0.29, 0.717) is 11.8 Å². The van der Waals surface area contributed by atoms with Gasteiger partial charge in [0, 0.05) is 34.1 Å². The molecule has 0 saturated heterocycles. The SMILES string of the molecule is O=[N+]([O-])c1cc(Sc2cc([N+](=O)[O-])c(O)c([N+](=O)[O-])c2)cc([N+](=O)[O-])c1O. The third-order valence-corrected chi connectivity index (χ3v) is 4.05. The summed E-state index contributed by atoms with van der Waals surface area (Å²) in [6, 6.07) is 3.05. The van der Waals surface area contributed by atoms with Crippen LogP contribution in [-0.4, -0.2) is 29.9 Å². The van der Waals surface area contributed by atoms with E-state index in [9.17, 15) is 50.7 Å². The zero-order chi connectivity index (χ0) is 20.5. The van der Waals surface area contributed by atoms with Gasteiger partial charge in [0.2, 0.25) is 0 Å². The summed E-state index contributed by atoms with van der Waals surface area (Å²) in [5.41, 5.74) is -3.96. The summed E-state index contributed by atoms with van der Waals surface area (Å²) in [6.45, 7) is 0. The predicted octanol–water partition coefficient (Wildman–Crippen LogP) is 2.88. The van der Waals surface area contributed by atoms with Crippen molar-refractivity contribution in [2.24, 2.45) is 0 Å². The molecule has 0 aromatic heterocycles. The number of nitrogens with zero attached hydrogens (tertiary/aromatic N) is 4. The molecule has 0 saturated carbocycles. The molecule has 2 aromatic carbocycles. The Morgan fingerprint density at radius 3 is 1.00 bits per heavy atom. The molecule has 0 bridgehead atoms. The summed E-state index contributed by atoms with van der Waals surface area (Å²) in [7, 11) is 0. The third-order valence-electron chi connectivity index (χ3n) is 3.11. The van der Waals surface area contributed by atoms with E-state index in [-0.39, 0.29) is 9.79 Å². The largest absolute Gasteiger partial charge is 0.497 e. The molecular weight excluding hydrogens is 392 g/mol. The lowest BCUT2D eigenvalue weighted by Gasteiger charge is -2.05. The first-order valence-electron chi connectivity index (χ1n) is 6.52. The molecule has 140 valence electrons. The van der Waals surface area contributed by atoms with Gasteiger partial charge in [-0.1, -0.05) is 11.8 Å². The molecule has 27 heavy (non-hydrogen) atoms. The van der Waals surface area contributed by atoms with E-state index in [1.54, 1.807) is 0 Å². The van der Waals surface area contributed by atoms with Crippen LogP contribution in [0.15, 0.2) is 34.1 Å². The Balaban J connectivity index is 2.63. The fourth-order valence-electron chi connectivity index (χ4n) is 1.97. The standard InChI is InChI=1S/C12H6N4O10S/c17-11-7(13(19)20)1-5(2-8(11)14(21)22)27-6-3-9(15(23)24)12(18)10(4-6)16(25)26/h1-4,17-18H. The Labute approximate surface area is 151 Å². The van der Waals surface area contributed by atoms with E-state index in [0.717, 1.165) is 24.3 Å². The first-order chi connectivity index (χ1) is 12.5. The maximum Gasteiger partial charge on any atom is 0.319 e. The Morgan fingerprint density at radius 2 is 0.815 bits per heavy atom. The molecule has 0 aliphatic rings. The highest BCUT2D eigenvalue weighted by atomic mass is 32.2. The van der Waals surface area contributed by atoms with Crippen molar-refractivity contribution in [2.75, 3.05) is 0 Å². The van der Waals surface area contributed by atoms with Crippen LogP contribution in [0.5, 0.6) is 11.5 Å². The van der Waals surface area contributed by atoms with Crippen LogP contribution in [0.2, 0.25) is 0 Å². The van der Waals surface area contributed by atoms with Crippen molar-refractivity contribution >= 4 is 34.5 Å². The van der Waals surface area contributed by atoms with Gasteiger partial charge in [0.1, 0.15) is 0 Å². The van der Waals surface area contributed by atoms with Gasteiger partial charge in [0.05, 0.1) is 19.7 Å². The van der Waals surface area contributed by atoms with Crippen LogP contribution in [0.25, 0.3) is 0 Å². The number of nitro groups is 4. The van der Waals surface area contributed by atoms with Gasteiger partial charge in [-0.3, -0.25) is 40.5 Å². The minimum absolute atomic E-state index is 0.194. The van der Waals surface area contributed by atoms with Crippen molar-refractivity contribution in [1.29, 1.82) is 0 Å². The zero-order valence-corrected chi connectivity index (χ0v) is 13.5. The van der Waals surface area contributed by atoms with Crippen LogP contribution < -0.4 is 0 Å². The molecule has 0 heterocycles. The van der Waals surface area contributed by atoms with E-state index in [1.165, 1.54) is 0 Å². The number of aromatic hydroxyl groups is 2. The molecular formula is C12H6N4O10S. The normalized spacial score (nSPS) is 10.4. The van der Waals surface area contributed by atoms with Crippen LogP contribution in [-0.2, 0) is 0 Å². The van der Waals surface area contributed by atoms with Gasteiger partial charge in [-0.05, 0) is 0 Å². The molecule has 0 radical (unpaired) electrons. The molecule has 2 aromatic rings. The van der Waals surface area contributed by atoms with E-state index >= 15 is 0 Å². The van der Waals surface area contributed by atoms with Crippen LogP contribution >= 0.6 is 11.8 Å².